The zero-order valence-electron chi connectivity index (χ0n) is 43.3. The van der Waals surface area contributed by atoms with Crippen LogP contribution in [0.2, 0.25) is 0 Å². The van der Waals surface area contributed by atoms with Crippen molar-refractivity contribution in [2.75, 3.05) is 9.80 Å². The minimum absolute atomic E-state index is 1.10. The van der Waals surface area contributed by atoms with E-state index in [4.69, 9.17) is 0 Å². The Labute approximate surface area is 459 Å². The van der Waals surface area contributed by atoms with Crippen LogP contribution in [0.4, 0.5) is 34.1 Å². The first-order valence-electron chi connectivity index (χ1n) is 27.1. The molecule has 0 amide bonds. The molecule has 0 fully saturated rings. The number of rotatable bonds is 10. The Kier molecular flexibility index (Phi) is 11.2. The summed E-state index contributed by atoms with van der Waals surface area (Å²) < 4.78 is 2.41. The number of aromatic nitrogens is 1. The van der Waals surface area contributed by atoms with Crippen LogP contribution >= 0.6 is 0 Å². The molecule has 1 heterocycles. The lowest BCUT2D eigenvalue weighted by molar-refractivity contribution is 1.18. The van der Waals surface area contributed by atoms with Gasteiger partial charge in [-0.3, -0.25) is 0 Å². The van der Waals surface area contributed by atoms with E-state index in [0.717, 1.165) is 50.9 Å². The van der Waals surface area contributed by atoms with Gasteiger partial charge in [-0.15, -0.1) is 0 Å². The molecule has 0 saturated heterocycles. The first-order valence-corrected chi connectivity index (χ1v) is 27.1. The van der Waals surface area contributed by atoms with E-state index in [1.165, 1.54) is 87.1 Å². The van der Waals surface area contributed by atoms with Gasteiger partial charge in [0.05, 0.1) is 16.7 Å². The smallest absolute Gasteiger partial charge is 0.0546 e. The van der Waals surface area contributed by atoms with Crippen LogP contribution in [-0.2, 0) is 0 Å². The Hall–Kier alpha value is -10.5. The largest absolute Gasteiger partial charge is 0.310 e. The quantitative estimate of drug-likeness (QED) is 0.127. The van der Waals surface area contributed by atoms with Crippen molar-refractivity contribution in [1.82, 2.24) is 4.57 Å². The lowest BCUT2D eigenvalue weighted by Gasteiger charge is -2.28. The van der Waals surface area contributed by atoms with Crippen LogP contribution in [0.15, 0.2) is 309 Å². The number of hydrogen-bond donors (Lipinski definition) is 0. The molecule has 0 aliphatic heterocycles. The highest BCUT2D eigenvalue weighted by atomic mass is 15.1. The molecule has 0 spiro atoms. The Morgan fingerprint density at radius 3 is 1.20 bits per heavy atom. The minimum atomic E-state index is 1.10. The summed E-state index contributed by atoms with van der Waals surface area (Å²) in [7, 11) is 0. The van der Waals surface area contributed by atoms with Gasteiger partial charge in [0.15, 0.2) is 0 Å². The number of benzene rings is 14. The second-order valence-electron chi connectivity index (χ2n) is 20.5. The third-order valence-corrected chi connectivity index (χ3v) is 15.9. The SMILES string of the molecule is c1ccc(-c2ccc(N(c3ccc(-c4ccc(-n5c6ccccc6c6cc(-c7ccc(N(c8ccc9ccccc9c8)c8ccc9ccccc9c8)cc7)ccc65)cc4)cc3)c3cc4ccccc4c4ccccc34)cc2)cc1. The van der Waals surface area contributed by atoms with Crippen molar-refractivity contribution in [3.05, 3.63) is 309 Å². The van der Waals surface area contributed by atoms with Crippen molar-refractivity contribution in [2.24, 2.45) is 0 Å². The van der Waals surface area contributed by atoms with Gasteiger partial charge in [-0.1, -0.05) is 212 Å². The fourth-order valence-electron chi connectivity index (χ4n) is 12.0. The minimum Gasteiger partial charge on any atom is -0.310 e. The molecule has 0 unspecified atom stereocenters. The highest BCUT2D eigenvalue weighted by molar-refractivity contribution is 6.15. The van der Waals surface area contributed by atoms with Crippen LogP contribution in [0.5, 0.6) is 0 Å². The maximum atomic E-state index is 2.41. The van der Waals surface area contributed by atoms with E-state index in [1.54, 1.807) is 0 Å². The number of fused-ring (bicyclic) bond motifs is 8. The van der Waals surface area contributed by atoms with Crippen molar-refractivity contribution in [1.29, 1.82) is 0 Å². The molecule has 3 heteroatoms. The average molecular weight is 1010 g/mol. The van der Waals surface area contributed by atoms with Gasteiger partial charge in [0, 0.05) is 50.3 Å². The molecule has 0 aliphatic carbocycles. The van der Waals surface area contributed by atoms with Gasteiger partial charge in [-0.25, -0.2) is 0 Å². The van der Waals surface area contributed by atoms with E-state index in [-0.39, 0.29) is 0 Å². The highest BCUT2D eigenvalue weighted by Gasteiger charge is 2.20. The van der Waals surface area contributed by atoms with E-state index in [0.29, 0.717) is 0 Å². The van der Waals surface area contributed by atoms with E-state index in [1.807, 2.05) is 0 Å². The van der Waals surface area contributed by atoms with Crippen molar-refractivity contribution >= 4 is 99.0 Å². The maximum absolute atomic E-state index is 2.41. The summed E-state index contributed by atoms with van der Waals surface area (Å²) in [4.78, 5) is 4.78. The first-order chi connectivity index (χ1) is 39.1. The van der Waals surface area contributed by atoms with Crippen molar-refractivity contribution in [3.63, 3.8) is 0 Å². The number of nitrogens with zero attached hydrogens (tertiary/aromatic N) is 3. The first kappa shape index (κ1) is 45.9. The maximum Gasteiger partial charge on any atom is 0.0546 e. The lowest BCUT2D eigenvalue weighted by atomic mass is 9.98. The zero-order chi connectivity index (χ0) is 52.2. The summed E-state index contributed by atoms with van der Waals surface area (Å²) in [6, 6.07) is 113. The third kappa shape index (κ3) is 8.24. The molecule has 370 valence electrons. The summed E-state index contributed by atoms with van der Waals surface area (Å²) in [5, 5.41) is 12.3. The van der Waals surface area contributed by atoms with Crippen LogP contribution in [0.3, 0.4) is 0 Å². The molecule has 1 aromatic heterocycles. The van der Waals surface area contributed by atoms with Gasteiger partial charge in [-0.2, -0.15) is 0 Å². The van der Waals surface area contributed by atoms with Crippen LogP contribution in [0.25, 0.3) is 104 Å². The average Bonchev–Trinajstić information content (AvgIpc) is 4.05. The molecule has 0 saturated carbocycles. The zero-order valence-corrected chi connectivity index (χ0v) is 43.3. The van der Waals surface area contributed by atoms with Gasteiger partial charge in [0.1, 0.15) is 0 Å². The van der Waals surface area contributed by atoms with Gasteiger partial charge < -0.3 is 14.4 Å². The molecule has 0 atom stereocenters. The number of hydrogen-bond acceptors (Lipinski definition) is 2. The number of para-hydroxylation sites is 1. The van der Waals surface area contributed by atoms with Gasteiger partial charge in [0.25, 0.3) is 0 Å². The van der Waals surface area contributed by atoms with E-state index in [9.17, 15) is 0 Å². The summed E-state index contributed by atoms with van der Waals surface area (Å²) in [6.07, 6.45) is 0. The monoisotopic (exact) mass is 1010 g/mol. The topological polar surface area (TPSA) is 11.4 Å². The van der Waals surface area contributed by atoms with Crippen LogP contribution in [0, 0.1) is 0 Å². The van der Waals surface area contributed by atoms with E-state index in [2.05, 4.69) is 324 Å². The Balaban J connectivity index is 0.752. The molecule has 0 N–H and O–H groups in total. The van der Waals surface area contributed by atoms with Crippen molar-refractivity contribution < 1.29 is 0 Å². The Morgan fingerprint density at radius 2 is 0.608 bits per heavy atom. The van der Waals surface area contributed by atoms with E-state index >= 15 is 0 Å². The normalized spacial score (nSPS) is 11.5. The summed E-state index contributed by atoms with van der Waals surface area (Å²) in [5.74, 6) is 0. The van der Waals surface area contributed by atoms with Crippen LogP contribution in [-0.4, -0.2) is 4.57 Å². The molecule has 79 heavy (non-hydrogen) atoms. The molecule has 3 nitrogen and oxygen atoms in total. The molecule has 0 bridgehead atoms. The Bertz CT molecular complexity index is 4670. The number of anilines is 6. The summed E-state index contributed by atoms with van der Waals surface area (Å²) in [6.45, 7) is 0. The standard InChI is InChI=1S/C76H51N3/c1-2-14-52(15-3-1)55-26-39-64(40-27-55)78(76-51-62-20-8-9-21-69(62)70-22-10-11-23-71(70)76)65-41-28-56(29-42-65)57-30-43-66(44-31-57)79-74-25-13-12-24-72(74)73-50-61(36-47-75(73)79)58-32-37-63(38-33-58)77(67-45-34-53-16-4-6-18-59(53)48-67)68-46-35-54-17-5-7-19-60(54)49-68/h1-51H. The second-order valence-corrected chi connectivity index (χ2v) is 20.5. The lowest BCUT2D eigenvalue weighted by Crippen LogP contribution is -2.10. The molecule has 15 rings (SSSR count). The fourth-order valence-corrected chi connectivity index (χ4v) is 12.0. The second kappa shape index (κ2) is 19.3. The molecular formula is C76H51N3. The summed E-state index contributed by atoms with van der Waals surface area (Å²) >= 11 is 0. The summed E-state index contributed by atoms with van der Waals surface area (Å²) in [5.41, 5.74) is 17.2. The molecule has 0 aliphatic rings. The predicted molar refractivity (Wildman–Crippen MR) is 336 cm³/mol. The Morgan fingerprint density at radius 1 is 0.203 bits per heavy atom. The van der Waals surface area contributed by atoms with Crippen molar-refractivity contribution in [2.45, 2.75) is 0 Å². The molecule has 15 aromatic rings. The molecule has 14 aromatic carbocycles. The van der Waals surface area contributed by atoms with Crippen molar-refractivity contribution in [3.8, 4) is 39.1 Å². The third-order valence-electron chi connectivity index (χ3n) is 15.9. The van der Waals surface area contributed by atoms with Crippen LogP contribution < -0.4 is 9.80 Å². The molecule has 0 radical (unpaired) electrons. The predicted octanol–water partition coefficient (Wildman–Crippen LogP) is 21.3. The fraction of sp³-hybridized carbons (Fsp3) is 0. The van der Waals surface area contributed by atoms with E-state index < -0.39 is 0 Å². The highest BCUT2D eigenvalue weighted by Crippen LogP contribution is 2.44. The van der Waals surface area contributed by atoms with Crippen LogP contribution in [0.1, 0.15) is 0 Å². The molecular weight excluding hydrogens is 955 g/mol. The van der Waals surface area contributed by atoms with Gasteiger partial charge in [0.2, 0.25) is 0 Å². The van der Waals surface area contributed by atoms with Gasteiger partial charge in [-0.05, 0) is 168 Å². The van der Waals surface area contributed by atoms with Gasteiger partial charge >= 0.3 is 0 Å².